The van der Waals surface area contributed by atoms with Gasteiger partial charge < -0.3 is 5.11 Å². The Bertz CT molecular complexity index is 409. The summed E-state index contributed by atoms with van der Waals surface area (Å²) in [6, 6.07) is 0. The van der Waals surface area contributed by atoms with Gasteiger partial charge in [-0.25, -0.2) is 21.6 Å². The number of hydrogen-bond acceptors (Lipinski definition) is 5. The first-order chi connectivity index (χ1) is 6.68. The minimum Gasteiger partial charge on any atom is -0.480 e. The molecule has 2 N–H and O–H groups in total. The lowest BCUT2D eigenvalue weighted by atomic mass is 10.8. The van der Waals surface area contributed by atoms with Crippen LogP contribution in [-0.2, 0) is 24.7 Å². The van der Waals surface area contributed by atoms with E-state index in [1.54, 1.807) is 0 Å². The van der Waals surface area contributed by atoms with E-state index < -0.39 is 31.6 Å². The Labute approximate surface area is 88.5 Å². The minimum atomic E-state index is -3.93. The van der Waals surface area contributed by atoms with Crippen LogP contribution in [0.1, 0.15) is 6.92 Å². The molecule has 0 radical (unpaired) electrons. The van der Waals surface area contributed by atoms with E-state index in [-0.39, 0.29) is 18.1 Å². The van der Waals surface area contributed by atoms with Crippen LogP contribution < -0.4 is 4.72 Å². The number of sulfonamides is 1. The summed E-state index contributed by atoms with van der Waals surface area (Å²) in [6.45, 7) is 1.15. The van der Waals surface area contributed by atoms with Crippen LogP contribution in [0.2, 0.25) is 0 Å². The molecule has 0 fully saturated rings. The molecule has 9 heteroatoms. The zero-order valence-electron chi connectivity index (χ0n) is 8.13. The van der Waals surface area contributed by atoms with E-state index in [0.717, 1.165) is 0 Å². The Kier molecular flexibility index (Phi) is 5.18. The van der Waals surface area contributed by atoms with Gasteiger partial charge in [-0.05, 0) is 0 Å². The topological polar surface area (TPSA) is 118 Å². The van der Waals surface area contributed by atoms with Gasteiger partial charge in [-0.3, -0.25) is 4.79 Å². The lowest BCUT2D eigenvalue weighted by molar-refractivity contribution is -0.134. The van der Waals surface area contributed by atoms with E-state index in [0.29, 0.717) is 0 Å². The van der Waals surface area contributed by atoms with Crippen molar-refractivity contribution in [3.05, 3.63) is 0 Å². The van der Waals surface area contributed by atoms with Gasteiger partial charge in [0.25, 0.3) is 0 Å². The molecule has 0 bridgehead atoms. The first kappa shape index (κ1) is 14.3. The van der Waals surface area contributed by atoms with Crippen molar-refractivity contribution in [1.82, 2.24) is 4.72 Å². The van der Waals surface area contributed by atoms with E-state index >= 15 is 0 Å². The molecular weight excluding hydrogens is 246 g/mol. The molecule has 15 heavy (non-hydrogen) atoms. The van der Waals surface area contributed by atoms with Gasteiger partial charge in [-0.2, -0.15) is 0 Å². The summed E-state index contributed by atoms with van der Waals surface area (Å²) in [4.78, 5) is 10.1. The molecular formula is C6H13NO6S2. The number of aliphatic carboxylic acids is 1. The van der Waals surface area contributed by atoms with Gasteiger partial charge in [0.05, 0.1) is 5.75 Å². The fraction of sp³-hybridized carbons (Fsp3) is 0.833. The van der Waals surface area contributed by atoms with Gasteiger partial charge in [0, 0.05) is 12.3 Å². The van der Waals surface area contributed by atoms with Crippen molar-refractivity contribution in [2.75, 3.05) is 23.8 Å². The first-order valence-electron chi connectivity index (χ1n) is 4.08. The number of carboxylic acids is 1. The highest BCUT2D eigenvalue weighted by molar-refractivity contribution is 7.91. The third-order valence-corrected chi connectivity index (χ3v) is 4.47. The van der Waals surface area contributed by atoms with Crippen molar-refractivity contribution in [1.29, 1.82) is 0 Å². The van der Waals surface area contributed by atoms with Gasteiger partial charge in [0.2, 0.25) is 10.0 Å². The predicted octanol–water partition coefficient (Wildman–Crippen LogP) is -1.57. The second-order valence-electron chi connectivity index (χ2n) is 2.78. The number of sulfone groups is 1. The van der Waals surface area contributed by atoms with E-state index in [2.05, 4.69) is 0 Å². The molecule has 0 heterocycles. The first-order valence-corrected chi connectivity index (χ1v) is 7.55. The molecule has 0 spiro atoms. The Hall–Kier alpha value is -0.670. The third-order valence-electron chi connectivity index (χ3n) is 1.49. The molecule has 0 aliphatic carbocycles. The predicted molar refractivity (Wildman–Crippen MR) is 53.8 cm³/mol. The van der Waals surface area contributed by atoms with Crippen LogP contribution in [-0.4, -0.2) is 51.7 Å². The number of rotatable bonds is 7. The van der Waals surface area contributed by atoms with Gasteiger partial charge in [-0.1, -0.05) is 6.92 Å². The van der Waals surface area contributed by atoms with Crippen molar-refractivity contribution in [2.24, 2.45) is 0 Å². The number of hydrogen-bond donors (Lipinski definition) is 2. The SMILES string of the molecule is CCS(=O)(=O)CCNS(=O)(=O)CC(=O)O. The van der Waals surface area contributed by atoms with Crippen LogP contribution in [0.25, 0.3) is 0 Å². The summed E-state index contributed by atoms with van der Waals surface area (Å²) >= 11 is 0. The lowest BCUT2D eigenvalue weighted by Gasteiger charge is -2.04. The molecule has 0 unspecified atom stereocenters. The Balaban J connectivity index is 4.13. The zero-order chi connectivity index (χ0) is 12.1. The van der Waals surface area contributed by atoms with Crippen molar-refractivity contribution >= 4 is 25.8 Å². The number of nitrogens with one attached hydrogen (secondary N) is 1. The monoisotopic (exact) mass is 259 g/mol. The summed E-state index contributed by atoms with van der Waals surface area (Å²) in [7, 11) is -7.17. The maximum atomic E-state index is 11.0. The van der Waals surface area contributed by atoms with Crippen LogP contribution in [0, 0.1) is 0 Å². The van der Waals surface area contributed by atoms with Gasteiger partial charge in [-0.15, -0.1) is 0 Å². The van der Waals surface area contributed by atoms with Crippen LogP contribution in [0.5, 0.6) is 0 Å². The van der Waals surface area contributed by atoms with Gasteiger partial charge >= 0.3 is 5.97 Å². The minimum absolute atomic E-state index is 0.0757. The Morgan fingerprint density at radius 1 is 1.27 bits per heavy atom. The van der Waals surface area contributed by atoms with Crippen molar-refractivity contribution < 1.29 is 26.7 Å². The van der Waals surface area contributed by atoms with Crippen molar-refractivity contribution in [2.45, 2.75) is 6.92 Å². The second kappa shape index (κ2) is 5.42. The average Bonchev–Trinajstić information content (AvgIpc) is 2.00. The van der Waals surface area contributed by atoms with E-state index in [4.69, 9.17) is 5.11 Å². The molecule has 0 saturated heterocycles. The lowest BCUT2D eigenvalue weighted by Crippen LogP contribution is -2.33. The van der Waals surface area contributed by atoms with E-state index in [1.807, 2.05) is 4.72 Å². The molecule has 0 aromatic heterocycles. The summed E-state index contributed by atoms with van der Waals surface area (Å²) in [6.07, 6.45) is 0. The largest absolute Gasteiger partial charge is 0.480 e. The van der Waals surface area contributed by atoms with Crippen LogP contribution in [0.3, 0.4) is 0 Å². The molecule has 0 amide bonds. The summed E-state index contributed by atoms with van der Waals surface area (Å²) < 4.78 is 45.7. The maximum Gasteiger partial charge on any atom is 0.320 e. The molecule has 0 aromatic rings. The molecule has 0 aromatic carbocycles. The van der Waals surface area contributed by atoms with Gasteiger partial charge in [0.1, 0.15) is 0 Å². The van der Waals surface area contributed by atoms with Crippen molar-refractivity contribution in [3.63, 3.8) is 0 Å². The van der Waals surface area contributed by atoms with Crippen LogP contribution in [0.4, 0.5) is 0 Å². The standard InChI is InChI=1S/C6H13NO6S2/c1-2-14(10,11)4-3-7-15(12,13)5-6(8)9/h7H,2-5H2,1H3,(H,8,9). The molecule has 90 valence electrons. The van der Waals surface area contributed by atoms with Gasteiger partial charge in [0.15, 0.2) is 15.6 Å². The smallest absolute Gasteiger partial charge is 0.320 e. The fourth-order valence-corrected chi connectivity index (χ4v) is 2.38. The third kappa shape index (κ3) is 7.28. The highest BCUT2D eigenvalue weighted by atomic mass is 32.2. The average molecular weight is 259 g/mol. The van der Waals surface area contributed by atoms with E-state index in [1.165, 1.54) is 6.92 Å². The molecule has 0 rings (SSSR count). The van der Waals surface area contributed by atoms with E-state index in [9.17, 15) is 21.6 Å². The zero-order valence-corrected chi connectivity index (χ0v) is 9.77. The number of carboxylic acid groups (broad SMARTS) is 1. The van der Waals surface area contributed by atoms with Crippen LogP contribution in [0.15, 0.2) is 0 Å². The molecule has 0 atom stereocenters. The summed E-state index contributed by atoms with van der Waals surface area (Å²) in [5.41, 5.74) is 0. The van der Waals surface area contributed by atoms with Crippen molar-refractivity contribution in [3.8, 4) is 0 Å². The molecule has 0 aliphatic heterocycles. The molecule has 7 nitrogen and oxygen atoms in total. The molecule has 0 saturated carbocycles. The summed E-state index contributed by atoms with van der Waals surface area (Å²) in [5.74, 6) is -2.95. The Morgan fingerprint density at radius 2 is 1.80 bits per heavy atom. The maximum absolute atomic E-state index is 11.0. The summed E-state index contributed by atoms with van der Waals surface area (Å²) in [5, 5.41) is 8.22. The normalized spacial score (nSPS) is 12.6. The fourth-order valence-electron chi connectivity index (χ4n) is 0.711. The Morgan fingerprint density at radius 3 is 2.20 bits per heavy atom. The second-order valence-corrected chi connectivity index (χ2v) is 7.06. The molecule has 0 aliphatic rings. The quantitative estimate of drug-likeness (QED) is 0.570. The van der Waals surface area contributed by atoms with Crippen LogP contribution >= 0.6 is 0 Å². The highest BCUT2D eigenvalue weighted by Crippen LogP contribution is 1.89. The highest BCUT2D eigenvalue weighted by Gasteiger charge is 2.16. The number of carbonyl (C=O) groups is 1.